The minimum atomic E-state index is -0.404. The van der Waals surface area contributed by atoms with Crippen LogP contribution in [0.15, 0.2) is 46.9 Å². The van der Waals surface area contributed by atoms with Gasteiger partial charge in [0.05, 0.1) is 5.56 Å². The van der Waals surface area contributed by atoms with Crippen LogP contribution in [0.25, 0.3) is 22.6 Å². The van der Waals surface area contributed by atoms with E-state index in [4.69, 9.17) is 4.42 Å². The third kappa shape index (κ3) is 1.54. The minimum absolute atomic E-state index is 0.00223. The fraction of sp³-hybridized carbons (Fsp3) is 0. The number of phenols is 1. The van der Waals surface area contributed by atoms with Crippen molar-refractivity contribution >= 4 is 11.1 Å². The van der Waals surface area contributed by atoms with Crippen LogP contribution < -0.4 is 0 Å². The van der Waals surface area contributed by atoms with Gasteiger partial charge in [-0.15, -0.1) is 0 Å². The van der Waals surface area contributed by atoms with Crippen LogP contribution in [0.2, 0.25) is 0 Å². The number of oxazole rings is 1. The lowest BCUT2D eigenvalue weighted by Gasteiger charge is -1.95. The average molecular weight is 229 g/mol. The highest BCUT2D eigenvalue weighted by molar-refractivity contribution is 5.81. The molecule has 0 aliphatic rings. The quantitative estimate of drug-likeness (QED) is 0.696. The van der Waals surface area contributed by atoms with Gasteiger partial charge in [0.25, 0.3) is 0 Å². The number of para-hydroxylation sites is 1. The van der Waals surface area contributed by atoms with Crippen LogP contribution in [0.5, 0.6) is 5.75 Å². The van der Waals surface area contributed by atoms with Gasteiger partial charge in [0.1, 0.15) is 11.3 Å². The molecule has 0 saturated heterocycles. The summed E-state index contributed by atoms with van der Waals surface area (Å²) in [5.74, 6) is -0.240. The fourth-order valence-corrected chi connectivity index (χ4v) is 1.68. The Morgan fingerprint density at radius 1 is 1.06 bits per heavy atom. The molecule has 0 radical (unpaired) electrons. The van der Waals surface area contributed by atoms with E-state index < -0.39 is 5.82 Å². The third-order valence-corrected chi connectivity index (χ3v) is 2.50. The van der Waals surface area contributed by atoms with Gasteiger partial charge < -0.3 is 9.52 Å². The summed E-state index contributed by atoms with van der Waals surface area (Å²) >= 11 is 0. The van der Waals surface area contributed by atoms with Crippen molar-refractivity contribution in [3.8, 4) is 17.2 Å². The van der Waals surface area contributed by atoms with E-state index in [1.54, 1.807) is 30.3 Å². The number of hydrogen-bond acceptors (Lipinski definition) is 3. The van der Waals surface area contributed by atoms with E-state index in [0.29, 0.717) is 5.52 Å². The normalized spacial score (nSPS) is 10.9. The molecule has 84 valence electrons. The standard InChI is InChI=1S/C13H8FNO2/c14-9-5-2-1-4-8(9)13-15-10-6-3-7-11(16)12(10)17-13/h1-7,16H. The van der Waals surface area contributed by atoms with Gasteiger partial charge in [0, 0.05) is 0 Å². The molecule has 0 bridgehead atoms. The zero-order chi connectivity index (χ0) is 11.8. The van der Waals surface area contributed by atoms with E-state index in [0.717, 1.165) is 0 Å². The second-order valence-electron chi connectivity index (χ2n) is 3.62. The van der Waals surface area contributed by atoms with Gasteiger partial charge in [0.15, 0.2) is 11.3 Å². The van der Waals surface area contributed by atoms with Crippen molar-refractivity contribution in [2.24, 2.45) is 0 Å². The molecule has 0 fully saturated rings. The number of rotatable bonds is 1. The molecule has 3 rings (SSSR count). The van der Waals surface area contributed by atoms with Crippen molar-refractivity contribution < 1.29 is 13.9 Å². The molecule has 0 aliphatic heterocycles. The summed E-state index contributed by atoms with van der Waals surface area (Å²) in [6.45, 7) is 0. The molecule has 0 amide bonds. The smallest absolute Gasteiger partial charge is 0.230 e. The second kappa shape index (κ2) is 3.59. The molecule has 4 heteroatoms. The molecular formula is C13H8FNO2. The van der Waals surface area contributed by atoms with Crippen molar-refractivity contribution in [1.29, 1.82) is 0 Å². The molecule has 2 aromatic carbocycles. The van der Waals surface area contributed by atoms with E-state index in [9.17, 15) is 9.50 Å². The summed E-state index contributed by atoms with van der Waals surface area (Å²) < 4.78 is 18.9. The molecule has 0 spiro atoms. The summed E-state index contributed by atoms with van der Waals surface area (Å²) in [4.78, 5) is 4.14. The Hall–Kier alpha value is -2.36. The maximum absolute atomic E-state index is 13.5. The van der Waals surface area contributed by atoms with Crippen molar-refractivity contribution in [2.75, 3.05) is 0 Å². The summed E-state index contributed by atoms with van der Waals surface area (Å²) in [5, 5.41) is 9.57. The summed E-state index contributed by atoms with van der Waals surface area (Å²) in [6.07, 6.45) is 0. The SMILES string of the molecule is Oc1cccc2nc(-c3ccccc3F)oc12. The van der Waals surface area contributed by atoms with Gasteiger partial charge in [0.2, 0.25) is 5.89 Å². The molecule has 1 heterocycles. The molecule has 0 unspecified atom stereocenters. The summed E-state index contributed by atoms with van der Waals surface area (Å²) in [6, 6.07) is 11.1. The fourth-order valence-electron chi connectivity index (χ4n) is 1.68. The van der Waals surface area contributed by atoms with Crippen molar-refractivity contribution in [3.63, 3.8) is 0 Å². The molecule has 0 aliphatic carbocycles. The first-order valence-electron chi connectivity index (χ1n) is 5.09. The number of aromatic nitrogens is 1. The van der Waals surface area contributed by atoms with Gasteiger partial charge >= 0.3 is 0 Å². The Kier molecular flexibility index (Phi) is 2.08. The number of nitrogens with zero attached hydrogens (tertiary/aromatic N) is 1. The molecule has 3 nitrogen and oxygen atoms in total. The number of hydrogen-bond donors (Lipinski definition) is 1. The van der Waals surface area contributed by atoms with Crippen molar-refractivity contribution in [1.82, 2.24) is 4.98 Å². The lowest BCUT2D eigenvalue weighted by atomic mass is 10.2. The average Bonchev–Trinajstić information content (AvgIpc) is 2.75. The first kappa shape index (κ1) is 9.84. The van der Waals surface area contributed by atoms with E-state index in [-0.39, 0.29) is 22.8 Å². The zero-order valence-electron chi connectivity index (χ0n) is 8.72. The van der Waals surface area contributed by atoms with Gasteiger partial charge in [-0.25, -0.2) is 9.37 Å². The highest BCUT2D eigenvalue weighted by Gasteiger charge is 2.13. The zero-order valence-corrected chi connectivity index (χ0v) is 8.72. The Labute approximate surface area is 96.1 Å². The molecular weight excluding hydrogens is 221 g/mol. The minimum Gasteiger partial charge on any atom is -0.504 e. The van der Waals surface area contributed by atoms with Gasteiger partial charge in [-0.3, -0.25) is 0 Å². The largest absolute Gasteiger partial charge is 0.504 e. The predicted molar refractivity (Wildman–Crippen MR) is 61.1 cm³/mol. The maximum Gasteiger partial charge on any atom is 0.230 e. The van der Waals surface area contributed by atoms with Crippen LogP contribution in [0.1, 0.15) is 0 Å². The van der Waals surface area contributed by atoms with E-state index >= 15 is 0 Å². The Bertz CT molecular complexity index is 691. The van der Waals surface area contributed by atoms with Crippen LogP contribution in [0.4, 0.5) is 4.39 Å². The third-order valence-electron chi connectivity index (χ3n) is 2.50. The highest BCUT2D eigenvalue weighted by Crippen LogP contribution is 2.30. The second-order valence-corrected chi connectivity index (χ2v) is 3.62. The van der Waals surface area contributed by atoms with E-state index in [1.807, 2.05) is 0 Å². The molecule has 1 aromatic heterocycles. The Morgan fingerprint density at radius 2 is 1.88 bits per heavy atom. The van der Waals surface area contributed by atoms with Crippen LogP contribution in [0, 0.1) is 5.82 Å². The molecule has 17 heavy (non-hydrogen) atoms. The molecule has 0 atom stereocenters. The lowest BCUT2D eigenvalue weighted by Crippen LogP contribution is -1.82. The number of benzene rings is 2. The van der Waals surface area contributed by atoms with Crippen LogP contribution >= 0.6 is 0 Å². The van der Waals surface area contributed by atoms with Gasteiger partial charge in [-0.1, -0.05) is 18.2 Å². The van der Waals surface area contributed by atoms with Crippen molar-refractivity contribution in [3.05, 3.63) is 48.3 Å². The van der Waals surface area contributed by atoms with Crippen LogP contribution in [0.3, 0.4) is 0 Å². The lowest BCUT2D eigenvalue weighted by molar-refractivity contribution is 0.465. The van der Waals surface area contributed by atoms with Crippen molar-refractivity contribution in [2.45, 2.75) is 0 Å². The topological polar surface area (TPSA) is 46.3 Å². The summed E-state index contributed by atoms with van der Waals surface area (Å²) in [7, 11) is 0. The van der Waals surface area contributed by atoms with Crippen LogP contribution in [-0.4, -0.2) is 10.1 Å². The number of halogens is 1. The highest BCUT2D eigenvalue weighted by atomic mass is 19.1. The number of aromatic hydroxyl groups is 1. The number of phenolic OH excluding ortho intramolecular Hbond substituents is 1. The Balaban J connectivity index is 2.26. The molecule has 1 N–H and O–H groups in total. The monoisotopic (exact) mass is 229 g/mol. The summed E-state index contributed by atoms with van der Waals surface area (Å²) in [5.41, 5.74) is 1.05. The first-order valence-corrected chi connectivity index (χ1v) is 5.09. The van der Waals surface area contributed by atoms with E-state index in [2.05, 4.69) is 4.98 Å². The predicted octanol–water partition coefficient (Wildman–Crippen LogP) is 3.34. The van der Waals surface area contributed by atoms with Gasteiger partial charge in [-0.2, -0.15) is 0 Å². The Morgan fingerprint density at radius 3 is 2.65 bits per heavy atom. The molecule has 3 aromatic rings. The van der Waals surface area contributed by atoms with Gasteiger partial charge in [-0.05, 0) is 24.3 Å². The molecule has 0 saturated carbocycles. The van der Waals surface area contributed by atoms with Crippen LogP contribution in [-0.2, 0) is 0 Å². The first-order chi connectivity index (χ1) is 8.25. The van der Waals surface area contributed by atoms with E-state index in [1.165, 1.54) is 12.1 Å². The maximum atomic E-state index is 13.5. The number of fused-ring (bicyclic) bond motifs is 1.